The molecule has 0 unspecified atom stereocenters. The molecule has 0 spiro atoms. The molecule has 206 valence electrons. The van der Waals surface area contributed by atoms with Crippen LogP contribution in [0.2, 0.25) is 5.02 Å². The van der Waals surface area contributed by atoms with Crippen LogP contribution in [0.25, 0.3) is 22.2 Å². The van der Waals surface area contributed by atoms with Gasteiger partial charge in [-0.25, -0.2) is 15.0 Å². The highest BCUT2D eigenvalue weighted by molar-refractivity contribution is 6.33. The van der Waals surface area contributed by atoms with Crippen molar-refractivity contribution < 1.29 is 9.59 Å². The molecule has 2 aromatic carbocycles. The lowest BCUT2D eigenvalue weighted by Gasteiger charge is -2.10. The first-order chi connectivity index (χ1) is 19.9. The maximum absolute atomic E-state index is 12.8. The number of amides is 2. The van der Waals surface area contributed by atoms with E-state index in [0.29, 0.717) is 40.3 Å². The smallest absolute Gasteiger partial charge is 0.274 e. The highest BCUT2D eigenvalue weighted by Gasteiger charge is 2.14. The fourth-order valence-corrected chi connectivity index (χ4v) is 4.23. The largest absolute Gasteiger partial charge is 0.360 e. The molecule has 2 amide bonds. The van der Waals surface area contributed by atoms with E-state index in [9.17, 15) is 9.59 Å². The van der Waals surface area contributed by atoms with Gasteiger partial charge in [0.1, 0.15) is 5.69 Å². The van der Waals surface area contributed by atoms with Crippen molar-refractivity contribution in [1.29, 1.82) is 0 Å². The molecule has 0 atom stereocenters. The van der Waals surface area contributed by atoms with Crippen LogP contribution in [0.1, 0.15) is 10.5 Å². The number of rotatable bonds is 9. The number of hydrogen-bond acceptors (Lipinski definition) is 7. The van der Waals surface area contributed by atoms with Gasteiger partial charge in [-0.15, -0.1) is 0 Å². The molecule has 3 aromatic heterocycles. The zero-order valence-electron chi connectivity index (χ0n) is 22.4. The van der Waals surface area contributed by atoms with Gasteiger partial charge in [-0.1, -0.05) is 41.9 Å². The number of aromatic nitrogens is 4. The van der Waals surface area contributed by atoms with Crippen molar-refractivity contribution in [2.75, 3.05) is 36.6 Å². The van der Waals surface area contributed by atoms with E-state index in [4.69, 9.17) is 11.6 Å². The van der Waals surface area contributed by atoms with Crippen LogP contribution < -0.4 is 16.0 Å². The van der Waals surface area contributed by atoms with Gasteiger partial charge >= 0.3 is 0 Å². The number of carbonyl (C=O) groups excluding carboxylic acids is 2. The van der Waals surface area contributed by atoms with Gasteiger partial charge in [-0.3, -0.25) is 9.59 Å². The summed E-state index contributed by atoms with van der Waals surface area (Å²) in [5, 5.41) is 10.2. The summed E-state index contributed by atoms with van der Waals surface area (Å²) in [6.07, 6.45) is 8.08. The van der Waals surface area contributed by atoms with Gasteiger partial charge < -0.3 is 25.8 Å². The second-order valence-electron chi connectivity index (χ2n) is 9.38. The number of nitrogens with one attached hydrogen (secondary N) is 4. The number of likely N-dealkylation sites (N-methyl/N-ethyl adjacent to an activating group) is 1. The molecule has 3 heterocycles. The second-order valence-corrected chi connectivity index (χ2v) is 9.79. The minimum Gasteiger partial charge on any atom is -0.360 e. The zero-order valence-corrected chi connectivity index (χ0v) is 23.1. The second kappa shape index (κ2) is 12.4. The zero-order chi connectivity index (χ0) is 28.8. The number of halogens is 1. The predicted octanol–water partition coefficient (Wildman–Crippen LogP) is 5.73. The molecule has 0 saturated heterocycles. The number of anilines is 4. The average molecular weight is 567 g/mol. The summed E-state index contributed by atoms with van der Waals surface area (Å²) in [4.78, 5) is 43.1. The van der Waals surface area contributed by atoms with Crippen molar-refractivity contribution in [2.24, 2.45) is 0 Å². The molecular weight excluding hydrogens is 540 g/mol. The fraction of sp³-hybridized carbons (Fsp3) is 0.100. The highest BCUT2D eigenvalue weighted by atomic mass is 35.5. The molecule has 0 aliphatic rings. The Morgan fingerprint density at radius 3 is 2.59 bits per heavy atom. The Kier molecular flexibility index (Phi) is 8.33. The monoisotopic (exact) mass is 566 g/mol. The van der Waals surface area contributed by atoms with Gasteiger partial charge in [-0.05, 0) is 50.5 Å². The predicted molar refractivity (Wildman–Crippen MR) is 163 cm³/mol. The van der Waals surface area contributed by atoms with Gasteiger partial charge in [0, 0.05) is 46.7 Å². The topological polar surface area (TPSA) is 128 Å². The number of H-pyrrole nitrogens is 1. The van der Waals surface area contributed by atoms with Crippen molar-refractivity contribution in [2.45, 2.75) is 0 Å². The molecule has 0 radical (unpaired) electrons. The lowest BCUT2D eigenvalue weighted by molar-refractivity contribution is -0.111. The molecule has 11 heteroatoms. The summed E-state index contributed by atoms with van der Waals surface area (Å²) in [6, 6.07) is 18.2. The van der Waals surface area contributed by atoms with Crippen LogP contribution in [0.15, 0.2) is 91.4 Å². The summed E-state index contributed by atoms with van der Waals surface area (Å²) in [7, 11) is 3.83. The third-order valence-corrected chi connectivity index (χ3v) is 6.25. The van der Waals surface area contributed by atoms with Crippen molar-refractivity contribution >= 4 is 57.3 Å². The molecule has 0 saturated carbocycles. The minimum atomic E-state index is -0.393. The van der Waals surface area contributed by atoms with E-state index < -0.39 is 5.91 Å². The summed E-state index contributed by atoms with van der Waals surface area (Å²) >= 11 is 6.45. The van der Waals surface area contributed by atoms with E-state index >= 15 is 0 Å². The van der Waals surface area contributed by atoms with E-state index in [1.54, 1.807) is 42.6 Å². The summed E-state index contributed by atoms with van der Waals surface area (Å²) in [6.45, 7) is 0.653. The quantitative estimate of drug-likeness (QED) is 0.168. The number of nitrogens with zero attached hydrogens (tertiary/aromatic N) is 4. The Balaban J connectivity index is 1.24. The Bertz CT molecular complexity index is 1730. The van der Waals surface area contributed by atoms with Crippen LogP contribution in [0.4, 0.5) is 23.0 Å². The lowest BCUT2D eigenvalue weighted by Crippen LogP contribution is -2.15. The average Bonchev–Trinajstić information content (AvgIpc) is 3.38. The molecule has 0 fully saturated rings. The molecule has 0 aliphatic carbocycles. The molecule has 0 bridgehead atoms. The summed E-state index contributed by atoms with van der Waals surface area (Å²) in [5.74, 6) is -0.308. The molecule has 4 N–H and O–H groups in total. The van der Waals surface area contributed by atoms with E-state index in [-0.39, 0.29) is 11.6 Å². The first-order valence-electron chi connectivity index (χ1n) is 12.7. The van der Waals surface area contributed by atoms with Gasteiger partial charge in [0.25, 0.3) is 5.91 Å². The number of fused-ring (bicyclic) bond motifs is 1. The number of carbonyl (C=O) groups is 2. The van der Waals surface area contributed by atoms with E-state index in [0.717, 1.165) is 16.5 Å². The van der Waals surface area contributed by atoms with E-state index in [1.807, 2.05) is 55.5 Å². The minimum absolute atomic E-state index is 0.203. The van der Waals surface area contributed by atoms with E-state index in [2.05, 4.69) is 35.9 Å². The third-order valence-electron chi connectivity index (χ3n) is 5.97. The van der Waals surface area contributed by atoms with Crippen LogP contribution >= 0.6 is 11.6 Å². The van der Waals surface area contributed by atoms with Gasteiger partial charge in [0.2, 0.25) is 11.9 Å². The van der Waals surface area contributed by atoms with Crippen molar-refractivity contribution in [3.8, 4) is 11.3 Å². The standard InChI is InChI=1S/C30H27ClN8O2/c1-39(2)14-6-11-27(40)35-21-12-13-26(32-16-21)29(41)36-19-7-5-8-20(15-19)37-30-34-18-24(31)28(38-30)23-17-33-25-10-4-3-9-22(23)25/h3-13,15-18,33H,14H2,1-2H3,(H,35,40)(H,36,41)(H,34,37,38). The Morgan fingerprint density at radius 1 is 0.951 bits per heavy atom. The Hall–Kier alpha value is -5.06. The summed E-state index contributed by atoms with van der Waals surface area (Å²) in [5.41, 5.74) is 4.37. The number of hydrogen-bond donors (Lipinski definition) is 4. The number of aromatic amines is 1. The molecule has 5 rings (SSSR count). The first kappa shape index (κ1) is 27.5. The highest BCUT2D eigenvalue weighted by Crippen LogP contribution is 2.32. The number of benzene rings is 2. The number of para-hydroxylation sites is 1. The third kappa shape index (κ3) is 6.93. The molecule has 5 aromatic rings. The SMILES string of the molecule is CN(C)CC=CC(=O)Nc1ccc(C(=O)Nc2cccc(Nc3ncc(Cl)c(-c4c[nH]c5ccccc45)n3)c2)nc1. The van der Waals surface area contributed by atoms with Crippen LogP contribution in [-0.2, 0) is 4.79 Å². The van der Waals surface area contributed by atoms with Crippen LogP contribution in [-0.4, -0.2) is 57.3 Å². The van der Waals surface area contributed by atoms with Crippen LogP contribution in [0, 0.1) is 0 Å². The Labute approximate surface area is 241 Å². The Morgan fingerprint density at radius 2 is 1.78 bits per heavy atom. The van der Waals surface area contributed by atoms with Crippen molar-refractivity contribution in [3.05, 3.63) is 102 Å². The molecule has 41 heavy (non-hydrogen) atoms. The maximum Gasteiger partial charge on any atom is 0.274 e. The van der Waals surface area contributed by atoms with Crippen molar-refractivity contribution in [1.82, 2.24) is 24.8 Å². The normalized spacial score (nSPS) is 11.2. The van der Waals surface area contributed by atoms with Crippen molar-refractivity contribution in [3.63, 3.8) is 0 Å². The first-order valence-corrected chi connectivity index (χ1v) is 13.1. The molecule has 0 aliphatic heterocycles. The number of pyridine rings is 1. The van der Waals surface area contributed by atoms with E-state index in [1.165, 1.54) is 12.3 Å². The molecular formula is C30H27ClN8O2. The van der Waals surface area contributed by atoms with Gasteiger partial charge in [0.15, 0.2) is 0 Å². The van der Waals surface area contributed by atoms with Gasteiger partial charge in [0.05, 0.1) is 28.8 Å². The fourth-order valence-electron chi connectivity index (χ4n) is 4.04. The van der Waals surface area contributed by atoms with Gasteiger partial charge in [-0.2, -0.15) is 0 Å². The lowest BCUT2D eigenvalue weighted by atomic mass is 10.1. The summed E-state index contributed by atoms with van der Waals surface area (Å²) < 4.78 is 0. The van der Waals surface area contributed by atoms with Crippen LogP contribution in [0.5, 0.6) is 0 Å². The van der Waals surface area contributed by atoms with Crippen LogP contribution in [0.3, 0.4) is 0 Å². The molecule has 10 nitrogen and oxygen atoms in total. The maximum atomic E-state index is 12.8.